The number of anilines is 3. The summed E-state index contributed by atoms with van der Waals surface area (Å²) in [5, 5.41) is 56.5. The van der Waals surface area contributed by atoms with Crippen LogP contribution in [0.5, 0.6) is 0 Å². The van der Waals surface area contributed by atoms with Gasteiger partial charge in [-0.3, -0.25) is 28.5 Å². The predicted molar refractivity (Wildman–Crippen MR) is 514 cm³/mol. The van der Waals surface area contributed by atoms with E-state index in [0.717, 1.165) is 61.4 Å². The van der Waals surface area contributed by atoms with E-state index >= 15 is 0 Å². The SMILES string of the molecule is C.CC(C)c1cc[nH]c1.CC(C)c1cnn(C)c1.CC(C)c1cnn(CF)c1.CC(C)n1cc(N)cn1.CC(C)n1cccn1.CC(C)n1ccnc1.CC(C)n1nccn1.Cc1[nH]ncc1C(C)C.Cc1c(N)cnn1C(C)C.Cc1cn(C(C)C)cn1.Cc1cnc(C(C)C)o1.Cc1nn(C(C)C)cc1N.Cc1nnc(C(C)C)o1.Cc1nnc(C(C)C)s1. The van der Waals surface area contributed by atoms with Crippen LogP contribution >= 0.6 is 11.3 Å². The number of hydrogen-bond donors (Lipinski definition) is 5. The van der Waals surface area contributed by atoms with Crippen molar-refractivity contribution < 1.29 is 13.2 Å². The molecule has 0 aliphatic rings. The first-order chi connectivity index (χ1) is 58.6. The Hall–Kier alpha value is -11.4. The number of nitrogens with one attached hydrogen (secondary N) is 2. The van der Waals surface area contributed by atoms with Gasteiger partial charge in [-0.05, 0) is 197 Å². The molecule has 0 spiro atoms. The van der Waals surface area contributed by atoms with E-state index in [1.54, 1.807) is 78.8 Å². The van der Waals surface area contributed by atoms with Crippen LogP contribution in [0, 0.1) is 48.5 Å². The highest BCUT2D eigenvalue weighted by molar-refractivity contribution is 7.11. The lowest BCUT2D eigenvalue weighted by atomic mass is 10.1. The average Bonchev–Trinajstić information content (AvgIpc) is 1.72. The first-order valence-corrected chi connectivity index (χ1v) is 43.9. The molecule has 0 amide bonds. The number of alkyl halides is 1. The fraction of sp³-hybridized carbons (Fsp3) is 0.565. The number of aromatic amines is 2. The van der Waals surface area contributed by atoms with Crippen molar-refractivity contribution in [3.05, 3.63) is 221 Å². The van der Waals surface area contributed by atoms with E-state index in [9.17, 15) is 4.39 Å². The van der Waals surface area contributed by atoms with Gasteiger partial charge in [0, 0.05) is 142 Å². The van der Waals surface area contributed by atoms with Crippen LogP contribution < -0.4 is 17.2 Å². The number of aryl methyl sites for hydroxylation is 7. The molecule has 0 unspecified atom stereocenters. The Kier molecular flexibility index (Phi) is 55.5. The Morgan fingerprint density at radius 3 is 1.29 bits per heavy atom. The summed E-state index contributed by atoms with van der Waals surface area (Å²) >= 11 is 1.67. The van der Waals surface area contributed by atoms with Crippen LogP contribution in [-0.2, 0) is 13.8 Å². The molecular weight excluding hydrogens is 1610 g/mol. The number of nitrogens with two attached hydrogens (primary N) is 3. The highest BCUT2D eigenvalue weighted by Crippen LogP contribution is 2.21. The van der Waals surface area contributed by atoms with Gasteiger partial charge in [0.25, 0.3) is 0 Å². The van der Waals surface area contributed by atoms with E-state index in [2.05, 4.69) is 273 Å². The molecule has 14 heterocycles. The molecule has 126 heavy (non-hydrogen) atoms. The quantitative estimate of drug-likeness (QED) is 0.0636. The Balaban J connectivity index is 0.00000134. The zero-order chi connectivity index (χ0) is 94.9. The van der Waals surface area contributed by atoms with Gasteiger partial charge in [0.05, 0.1) is 102 Å². The first kappa shape index (κ1) is 115. The topological polar surface area (TPSA) is 387 Å². The summed E-state index contributed by atoms with van der Waals surface area (Å²) in [4.78, 5) is 16.7. The van der Waals surface area contributed by atoms with E-state index in [1.165, 1.54) is 27.1 Å². The molecule has 0 aliphatic carbocycles. The molecule has 14 aromatic heterocycles. The zero-order valence-electron chi connectivity index (χ0n) is 82.1. The lowest BCUT2D eigenvalue weighted by Gasteiger charge is -2.06. The van der Waals surface area contributed by atoms with Crippen molar-refractivity contribution in [1.29, 1.82) is 0 Å². The molecule has 0 bridgehead atoms. The van der Waals surface area contributed by atoms with Gasteiger partial charge in [-0.25, -0.2) is 24.0 Å². The average molecular weight is 1770 g/mol. The van der Waals surface area contributed by atoms with Gasteiger partial charge in [-0.2, -0.15) is 50.7 Å². The number of rotatable bonds is 15. The maximum absolute atomic E-state index is 11.9. The Labute approximate surface area is 756 Å². The summed E-state index contributed by atoms with van der Waals surface area (Å²) in [6, 6.07) is 7.18. The van der Waals surface area contributed by atoms with E-state index in [4.69, 9.17) is 26.0 Å². The van der Waals surface area contributed by atoms with Crippen molar-refractivity contribution in [3.8, 4) is 0 Å². The van der Waals surface area contributed by atoms with Crippen LogP contribution in [0.15, 0.2) is 151 Å². The van der Waals surface area contributed by atoms with Gasteiger partial charge in [-0.15, -0.1) is 31.7 Å². The van der Waals surface area contributed by atoms with Crippen LogP contribution in [-0.4, -0.2) is 133 Å². The van der Waals surface area contributed by atoms with E-state index < -0.39 is 6.80 Å². The number of imidazole rings is 2. The third-order valence-electron chi connectivity index (χ3n) is 17.4. The van der Waals surface area contributed by atoms with Crippen LogP contribution in [0.3, 0.4) is 0 Å². The number of nitrogen functional groups attached to an aromatic ring is 3. The van der Waals surface area contributed by atoms with Gasteiger partial charge in [0.2, 0.25) is 11.8 Å². The largest absolute Gasteiger partial charge is 0.446 e. The fourth-order valence-electron chi connectivity index (χ4n) is 9.58. The molecule has 702 valence electrons. The van der Waals surface area contributed by atoms with Crippen LogP contribution in [0.1, 0.15) is 363 Å². The maximum Gasteiger partial charge on any atom is 0.219 e. The third-order valence-corrected chi connectivity index (χ3v) is 18.6. The molecule has 0 aliphatic heterocycles. The predicted octanol–water partition coefficient (Wildman–Crippen LogP) is 23.0. The Morgan fingerprint density at radius 1 is 0.468 bits per heavy atom. The second-order valence-electron chi connectivity index (χ2n) is 33.7. The highest BCUT2D eigenvalue weighted by atomic mass is 32.1. The zero-order valence-corrected chi connectivity index (χ0v) is 82.9. The summed E-state index contributed by atoms with van der Waals surface area (Å²) in [7, 11) is 1.94. The maximum atomic E-state index is 11.9. The number of halogens is 1. The van der Waals surface area contributed by atoms with Crippen LogP contribution in [0.25, 0.3) is 0 Å². The molecule has 0 fully saturated rings. The van der Waals surface area contributed by atoms with Crippen molar-refractivity contribution in [1.82, 2.24) is 133 Å². The number of nitrogens with zero attached hydrogens (tertiary/aromatic N) is 25. The minimum Gasteiger partial charge on any atom is -0.446 e. The summed E-state index contributed by atoms with van der Waals surface area (Å²) < 4.78 is 37.0. The van der Waals surface area contributed by atoms with E-state index in [0.29, 0.717) is 95.5 Å². The lowest BCUT2D eigenvalue weighted by molar-refractivity contribution is 0.349. The van der Waals surface area contributed by atoms with Crippen molar-refractivity contribution >= 4 is 28.4 Å². The van der Waals surface area contributed by atoms with Gasteiger partial charge >= 0.3 is 0 Å². The lowest BCUT2D eigenvalue weighted by Crippen LogP contribution is -2.04. The van der Waals surface area contributed by atoms with Gasteiger partial charge in [-0.1, -0.05) is 104 Å². The van der Waals surface area contributed by atoms with Gasteiger partial charge < -0.3 is 40.2 Å². The number of hydrogen-bond acceptors (Lipinski definition) is 22. The normalized spacial score (nSPS) is 10.5. The van der Waals surface area contributed by atoms with Gasteiger partial charge in [0.1, 0.15) is 15.8 Å². The number of H-pyrrole nitrogens is 2. The summed E-state index contributed by atoms with van der Waals surface area (Å²) in [5.41, 5.74) is 28.2. The first-order valence-electron chi connectivity index (χ1n) is 43.0. The molecule has 0 radical (unpaired) electrons. The van der Waals surface area contributed by atoms with Gasteiger partial charge in [0.15, 0.2) is 12.7 Å². The molecule has 8 N–H and O–H groups in total. The Morgan fingerprint density at radius 2 is 1.06 bits per heavy atom. The second-order valence-corrected chi connectivity index (χ2v) is 34.9. The number of oxazole rings is 1. The third kappa shape index (κ3) is 47.0. The van der Waals surface area contributed by atoms with Crippen LogP contribution in [0.2, 0.25) is 0 Å². The fourth-order valence-corrected chi connectivity index (χ4v) is 10.3. The standard InChI is InChI=1S/C7H11FN2.2C7H13N3.3C7H12N2.C7H11NO.C7H11N.C6H11N3.C6H10N2O.C6H10N2S.2C6H10N2.C5H9N3.CH4/c1-6(2)7-3-9-10(4-7)5-8;1-5(2)10-4-7(8)6(3)9-10;1-5(2)10-6(3)7(8)4-9-10;1-6(2)7-4-8-9(3)5-7;1-6(2)9-4-7(3)8-5-9;1-5(2)7-4-8-9-6(7)3;1-5(2)7-8-4-6(3)9-7;1-6(2)7-3-4-8-5-7;1-5(2)9-4-6(7)3-8-9;2*1-4(2)6-8-7-5(3)9-6;1-6(2)8-4-3-7-5-8;1-6(2)8-5-3-4-7-8;1-5(2)8-6-3-4-7-8;/h3-4,6H,5H2,1-2H3;2*4-5H,8H2,1-3H3;2*4-6H,1-3H3;4-5H,1-3H3,(H,8,9);4-5H,1-3H3;3-6,8H,1-2H3;3-5H,7H2,1-2H3;2*4H,1-3H3;2*3-6H,1-2H3;3-5H,1-2H3;1H4. The molecular formula is C92H159FN30O2S. The molecule has 0 saturated heterocycles. The monoisotopic (exact) mass is 1770 g/mol. The highest BCUT2D eigenvalue weighted by Gasteiger charge is 2.10. The van der Waals surface area contributed by atoms with Crippen LogP contribution in [0.4, 0.5) is 21.5 Å². The van der Waals surface area contributed by atoms with Crippen molar-refractivity contribution in [3.63, 3.8) is 0 Å². The van der Waals surface area contributed by atoms with Crippen molar-refractivity contribution in [2.24, 2.45) is 7.05 Å². The minimum atomic E-state index is -0.535. The summed E-state index contributed by atoms with van der Waals surface area (Å²) in [6.45, 7) is 71.9. The van der Waals surface area contributed by atoms with Crippen molar-refractivity contribution in [2.75, 3.05) is 17.2 Å². The molecule has 14 aromatic rings. The van der Waals surface area contributed by atoms with Crippen molar-refractivity contribution in [2.45, 2.75) is 340 Å². The van der Waals surface area contributed by atoms with E-state index in [-0.39, 0.29) is 7.43 Å². The molecule has 32 nitrogen and oxygen atoms in total. The second kappa shape index (κ2) is 61.0. The molecule has 14 rings (SSSR count). The molecule has 34 heteroatoms. The summed E-state index contributed by atoms with van der Waals surface area (Å²) in [6.07, 6.45) is 38.6. The summed E-state index contributed by atoms with van der Waals surface area (Å²) in [5.74, 6) is 6.60. The van der Waals surface area contributed by atoms with E-state index in [1.807, 2.05) is 180 Å². The molecule has 0 atom stereocenters. The Bertz CT molecular complexity index is 4370. The number of aromatic nitrogens is 27. The minimum absolute atomic E-state index is 0. The molecule has 0 aromatic carbocycles. The smallest absolute Gasteiger partial charge is 0.219 e. The molecule has 0 saturated carbocycles.